The van der Waals surface area contributed by atoms with E-state index in [1.807, 2.05) is 7.05 Å². The number of rotatable bonds is 3. The second-order valence-corrected chi connectivity index (χ2v) is 5.90. The SMILES string of the molecule is CN(CC1CCC1)C(=O)c1ccc(Cl)cc1Br. The monoisotopic (exact) mass is 315 g/mol. The Morgan fingerprint density at radius 3 is 2.76 bits per heavy atom. The lowest BCUT2D eigenvalue weighted by Crippen LogP contribution is -2.34. The van der Waals surface area contributed by atoms with Crippen molar-refractivity contribution >= 4 is 33.4 Å². The summed E-state index contributed by atoms with van der Waals surface area (Å²) >= 11 is 9.24. The number of hydrogen-bond donors (Lipinski definition) is 0. The normalized spacial score (nSPS) is 15.5. The second kappa shape index (κ2) is 5.40. The van der Waals surface area contributed by atoms with Crippen LogP contribution in [0.15, 0.2) is 22.7 Å². The molecule has 1 amide bonds. The first-order chi connectivity index (χ1) is 8.08. The van der Waals surface area contributed by atoms with Gasteiger partial charge in [0, 0.05) is 23.1 Å². The molecule has 4 heteroatoms. The minimum Gasteiger partial charge on any atom is -0.341 e. The van der Waals surface area contributed by atoms with Crippen molar-refractivity contribution in [3.8, 4) is 0 Å². The summed E-state index contributed by atoms with van der Waals surface area (Å²) in [6.45, 7) is 0.855. The van der Waals surface area contributed by atoms with Crippen LogP contribution in [-0.2, 0) is 0 Å². The molecule has 1 fully saturated rings. The summed E-state index contributed by atoms with van der Waals surface area (Å²) in [6, 6.07) is 5.27. The summed E-state index contributed by atoms with van der Waals surface area (Å²) in [7, 11) is 1.86. The number of nitrogens with zero attached hydrogens (tertiary/aromatic N) is 1. The molecule has 0 radical (unpaired) electrons. The topological polar surface area (TPSA) is 20.3 Å². The first kappa shape index (κ1) is 12.9. The predicted octanol–water partition coefficient (Wildman–Crippen LogP) is 3.97. The lowest BCUT2D eigenvalue weighted by atomic mass is 9.85. The van der Waals surface area contributed by atoms with Crippen LogP contribution in [0, 0.1) is 5.92 Å². The smallest absolute Gasteiger partial charge is 0.254 e. The summed E-state index contributed by atoms with van der Waals surface area (Å²) in [5.41, 5.74) is 0.677. The number of halogens is 2. The van der Waals surface area contributed by atoms with E-state index in [2.05, 4.69) is 15.9 Å². The van der Waals surface area contributed by atoms with Crippen LogP contribution in [0.3, 0.4) is 0 Å². The van der Waals surface area contributed by atoms with Crippen LogP contribution < -0.4 is 0 Å². The highest BCUT2D eigenvalue weighted by Gasteiger charge is 2.22. The Bertz CT molecular complexity index is 431. The number of carbonyl (C=O) groups is 1. The van der Waals surface area contributed by atoms with Gasteiger partial charge in [-0.1, -0.05) is 18.0 Å². The van der Waals surface area contributed by atoms with E-state index in [1.54, 1.807) is 23.1 Å². The molecule has 0 unspecified atom stereocenters. The maximum atomic E-state index is 12.2. The summed E-state index contributed by atoms with van der Waals surface area (Å²) in [5, 5.41) is 0.634. The summed E-state index contributed by atoms with van der Waals surface area (Å²) in [5.74, 6) is 0.746. The Labute approximate surface area is 115 Å². The van der Waals surface area contributed by atoms with Crippen molar-refractivity contribution in [2.75, 3.05) is 13.6 Å². The molecule has 17 heavy (non-hydrogen) atoms. The zero-order valence-electron chi connectivity index (χ0n) is 9.75. The van der Waals surface area contributed by atoms with Crippen LogP contribution in [0.1, 0.15) is 29.6 Å². The number of benzene rings is 1. The molecule has 2 nitrogen and oxygen atoms in total. The molecule has 92 valence electrons. The van der Waals surface area contributed by atoms with E-state index in [-0.39, 0.29) is 5.91 Å². The van der Waals surface area contributed by atoms with Crippen LogP contribution in [-0.4, -0.2) is 24.4 Å². The zero-order chi connectivity index (χ0) is 12.4. The number of carbonyl (C=O) groups excluding carboxylic acids is 1. The van der Waals surface area contributed by atoms with E-state index < -0.39 is 0 Å². The minimum atomic E-state index is 0.0560. The third-order valence-electron chi connectivity index (χ3n) is 3.27. The van der Waals surface area contributed by atoms with Gasteiger partial charge in [0.15, 0.2) is 0 Å². The fourth-order valence-corrected chi connectivity index (χ4v) is 2.87. The van der Waals surface area contributed by atoms with E-state index in [0.29, 0.717) is 16.5 Å². The van der Waals surface area contributed by atoms with Gasteiger partial charge in [0.1, 0.15) is 0 Å². The molecule has 0 heterocycles. The van der Waals surface area contributed by atoms with Gasteiger partial charge in [-0.15, -0.1) is 0 Å². The Kier molecular flexibility index (Phi) is 4.10. The molecule has 1 aromatic rings. The summed E-state index contributed by atoms with van der Waals surface area (Å²) in [6.07, 6.45) is 3.80. The molecule has 0 aromatic heterocycles. The van der Waals surface area contributed by atoms with Crippen molar-refractivity contribution < 1.29 is 4.79 Å². The van der Waals surface area contributed by atoms with Crippen LogP contribution in [0.2, 0.25) is 5.02 Å². The molecule has 1 aliphatic rings. The quantitative estimate of drug-likeness (QED) is 0.826. The molecule has 0 N–H and O–H groups in total. The molecular weight excluding hydrogens is 302 g/mol. The van der Waals surface area contributed by atoms with E-state index in [1.165, 1.54) is 19.3 Å². The average Bonchev–Trinajstić information content (AvgIpc) is 2.22. The van der Waals surface area contributed by atoms with Crippen LogP contribution in [0.5, 0.6) is 0 Å². The third-order valence-corrected chi connectivity index (χ3v) is 4.16. The van der Waals surface area contributed by atoms with Crippen molar-refractivity contribution in [3.63, 3.8) is 0 Å². The van der Waals surface area contributed by atoms with Crippen molar-refractivity contribution in [1.29, 1.82) is 0 Å². The van der Waals surface area contributed by atoms with E-state index in [4.69, 9.17) is 11.6 Å². The second-order valence-electron chi connectivity index (χ2n) is 4.61. The molecule has 1 aliphatic carbocycles. The minimum absolute atomic E-state index is 0.0560. The highest BCUT2D eigenvalue weighted by molar-refractivity contribution is 9.10. The molecule has 0 saturated heterocycles. The summed E-state index contributed by atoms with van der Waals surface area (Å²) in [4.78, 5) is 14.0. The Morgan fingerprint density at radius 2 is 2.24 bits per heavy atom. The Balaban J connectivity index is 2.07. The van der Waals surface area contributed by atoms with E-state index >= 15 is 0 Å². The van der Waals surface area contributed by atoms with Gasteiger partial charge in [-0.25, -0.2) is 0 Å². The highest BCUT2D eigenvalue weighted by atomic mass is 79.9. The molecule has 0 spiro atoms. The van der Waals surface area contributed by atoms with Gasteiger partial charge in [-0.3, -0.25) is 4.79 Å². The van der Waals surface area contributed by atoms with Crippen LogP contribution in [0.25, 0.3) is 0 Å². The number of amides is 1. The molecule has 0 bridgehead atoms. The molecule has 1 saturated carbocycles. The molecule has 0 atom stereocenters. The van der Waals surface area contributed by atoms with Gasteiger partial charge in [0.25, 0.3) is 5.91 Å². The van der Waals surface area contributed by atoms with E-state index in [0.717, 1.165) is 11.0 Å². The average molecular weight is 317 g/mol. The van der Waals surface area contributed by atoms with Crippen molar-refractivity contribution in [3.05, 3.63) is 33.3 Å². The maximum Gasteiger partial charge on any atom is 0.254 e. The predicted molar refractivity (Wildman–Crippen MR) is 73.5 cm³/mol. The number of hydrogen-bond acceptors (Lipinski definition) is 1. The van der Waals surface area contributed by atoms with Crippen molar-refractivity contribution in [2.24, 2.45) is 5.92 Å². The maximum absolute atomic E-state index is 12.2. The van der Waals surface area contributed by atoms with Gasteiger partial charge >= 0.3 is 0 Å². The largest absolute Gasteiger partial charge is 0.341 e. The molecular formula is C13H15BrClNO. The van der Waals surface area contributed by atoms with Crippen LogP contribution >= 0.6 is 27.5 Å². The zero-order valence-corrected chi connectivity index (χ0v) is 12.1. The van der Waals surface area contributed by atoms with Crippen molar-refractivity contribution in [1.82, 2.24) is 4.90 Å². The lowest BCUT2D eigenvalue weighted by Gasteiger charge is -2.30. The highest BCUT2D eigenvalue weighted by Crippen LogP contribution is 2.28. The first-order valence-corrected chi connectivity index (χ1v) is 6.95. The van der Waals surface area contributed by atoms with E-state index in [9.17, 15) is 4.79 Å². The van der Waals surface area contributed by atoms with Gasteiger partial charge < -0.3 is 4.90 Å². The van der Waals surface area contributed by atoms with Gasteiger partial charge in [0.2, 0.25) is 0 Å². The first-order valence-electron chi connectivity index (χ1n) is 5.78. The lowest BCUT2D eigenvalue weighted by molar-refractivity contribution is 0.0744. The van der Waals surface area contributed by atoms with Gasteiger partial charge in [0.05, 0.1) is 5.56 Å². The standard InChI is InChI=1S/C13H15BrClNO/c1-16(8-9-3-2-4-9)13(17)11-6-5-10(15)7-12(11)14/h5-7,9H,2-4,8H2,1H3. The van der Waals surface area contributed by atoms with Gasteiger partial charge in [-0.2, -0.15) is 0 Å². The summed E-state index contributed by atoms with van der Waals surface area (Å²) < 4.78 is 0.760. The van der Waals surface area contributed by atoms with Crippen molar-refractivity contribution in [2.45, 2.75) is 19.3 Å². The fourth-order valence-electron chi connectivity index (χ4n) is 2.01. The van der Waals surface area contributed by atoms with Gasteiger partial charge in [-0.05, 0) is 52.9 Å². The van der Waals surface area contributed by atoms with Crippen LogP contribution in [0.4, 0.5) is 0 Å². The molecule has 1 aromatic carbocycles. The molecule has 0 aliphatic heterocycles. The Morgan fingerprint density at radius 1 is 1.53 bits per heavy atom. The molecule has 2 rings (SSSR count). The fraction of sp³-hybridized carbons (Fsp3) is 0.462. The Hall–Kier alpha value is -0.540. The third kappa shape index (κ3) is 3.02.